The van der Waals surface area contributed by atoms with Gasteiger partial charge >= 0.3 is 0 Å². The first-order valence-electron chi connectivity index (χ1n) is 4.76. The number of benzene rings is 1. The molecule has 1 aromatic rings. The van der Waals surface area contributed by atoms with Crippen LogP contribution in [0.15, 0.2) is 49.6 Å². The van der Waals surface area contributed by atoms with E-state index in [0.29, 0.717) is 19.0 Å². The number of ether oxygens (including phenoxy) is 1. The molecule has 0 aromatic heterocycles. The van der Waals surface area contributed by atoms with Crippen molar-refractivity contribution < 1.29 is 9.84 Å². The highest BCUT2D eigenvalue weighted by atomic mass is 16.5. The second kappa shape index (κ2) is 9.03. The molecule has 2 nitrogen and oxygen atoms in total. The van der Waals surface area contributed by atoms with Crippen LogP contribution in [0.5, 0.6) is 5.75 Å². The molecule has 0 fully saturated rings. The van der Waals surface area contributed by atoms with Crippen molar-refractivity contribution in [3.63, 3.8) is 0 Å². The molecule has 0 saturated carbocycles. The van der Waals surface area contributed by atoms with Crippen LogP contribution in [0.4, 0.5) is 0 Å². The summed E-state index contributed by atoms with van der Waals surface area (Å²) in [6.07, 6.45) is 3.42. The van der Waals surface area contributed by atoms with E-state index in [-0.39, 0.29) is 0 Å². The van der Waals surface area contributed by atoms with Crippen molar-refractivity contribution in [3.05, 3.63) is 55.1 Å². The molecule has 1 aromatic carbocycles. The van der Waals surface area contributed by atoms with Gasteiger partial charge in [-0.1, -0.05) is 24.3 Å². The molecular weight excluding hydrogens is 188 g/mol. The van der Waals surface area contributed by atoms with Gasteiger partial charge in [0.2, 0.25) is 0 Å². The largest absolute Gasteiger partial charge is 0.508 e. The van der Waals surface area contributed by atoms with Crippen molar-refractivity contribution in [1.82, 2.24) is 0 Å². The average molecular weight is 206 g/mol. The molecule has 0 aliphatic heterocycles. The fourth-order valence-corrected chi connectivity index (χ4v) is 0.863. The van der Waals surface area contributed by atoms with E-state index in [1.54, 1.807) is 24.3 Å². The van der Waals surface area contributed by atoms with E-state index in [2.05, 4.69) is 13.2 Å². The van der Waals surface area contributed by atoms with Crippen molar-refractivity contribution in [2.75, 3.05) is 13.2 Å². The summed E-state index contributed by atoms with van der Waals surface area (Å²) in [6.45, 7) is 10.1. The fourth-order valence-electron chi connectivity index (χ4n) is 0.863. The van der Waals surface area contributed by atoms with E-state index >= 15 is 0 Å². The summed E-state index contributed by atoms with van der Waals surface area (Å²) in [5.74, 6) is 0.338. The van der Waals surface area contributed by atoms with Gasteiger partial charge in [0.15, 0.2) is 0 Å². The van der Waals surface area contributed by atoms with Crippen LogP contribution in [0.2, 0.25) is 0 Å². The van der Waals surface area contributed by atoms with Crippen LogP contribution in [0.3, 0.4) is 0 Å². The zero-order valence-electron chi connectivity index (χ0n) is 9.15. The Labute approximate surface area is 91.5 Å². The number of rotatable bonds is 4. The number of hydrogen-bond donors (Lipinski definition) is 1. The first-order chi connectivity index (χ1) is 7.20. The molecule has 0 atom stereocenters. The molecule has 0 heterocycles. The van der Waals surface area contributed by atoms with Crippen LogP contribution in [-0.2, 0) is 4.74 Å². The van der Waals surface area contributed by atoms with Crippen LogP contribution >= 0.6 is 0 Å². The van der Waals surface area contributed by atoms with E-state index in [1.807, 2.05) is 19.1 Å². The van der Waals surface area contributed by atoms with Gasteiger partial charge in [0.1, 0.15) is 5.75 Å². The van der Waals surface area contributed by atoms with Crippen LogP contribution in [0, 0.1) is 6.92 Å². The predicted molar refractivity (Wildman–Crippen MR) is 64.1 cm³/mol. The Morgan fingerprint density at radius 3 is 2.20 bits per heavy atom. The normalized spacial score (nSPS) is 8.60. The van der Waals surface area contributed by atoms with Crippen molar-refractivity contribution in [1.29, 1.82) is 0 Å². The number of hydrogen-bond acceptors (Lipinski definition) is 2. The minimum absolute atomic E-state index is 0.338. The second-order valence-electron chi connectivity index (χ2n) is 2.95. The Hall–Kier alpha value is -1.54. The van der Waals surface area contributed by atoms with Gasteiger partial charge in [-0.2, -0.15) is 0 Å². The van der Waals surface area contributed by atoms with Crippen molar-refractivity contribution in [3.8, 4) is 5.75 Å². The molecule has 0 spiro atoms. The van der Waals surface area contributed by atoms with Gasteiger partial charge in [-0.15, -0.1) is 13.2 Å². The predicted octanol–water partition coefficient (Wildman–Crippen LogP) is 3.08. The number of aryl methyl sites for hydroxylation is 1. The van der Waals surface area contributed by atoms with Crippen LogP contribution < -0.4 is 0 Å². The zero-order valence-corrected chi connectivity index (χ0v) is 9.15. The van der Waals surface area contributed by atoms with Gasteiger partial charge in [-0.3, -0.25) is 0 Å². The van der Waals surface area contributed by atoms with Crippen molar-refractivity contribution in [2.45, 2.75) is 6.92 Å². The summed E-state index contributed by atoms with van der Waals surface area (Å²) in [4.78, 5) is 0. The summed E-state index contributed by atoms with van der Waals surface area (Å²) in [5, 5.41) is 8.81. The molecular formula is C13H18O2. The minimum Gasteiger partial charge on any atom is -0.508 e. The third-order valence-corrected chi connectivity index (χ3v) is 1.47. The molecule has 2 heteroatoms. The number of phenols is 1. The summed E-state index contributed by atoms with van der Waals surface area (Å²) in [7, 11) is 0. The molecule has 82 valence electrons. The summed E-state index contributed by atoms with van der Waals surface area (Å²) in [5.41, 5.74) is 1.09. The summed E-state index contributed by atoms with van der Waals surface area (Å²) >= 11 is 0. The third kappa shape index (κ3) is 8.78. The molecule has 0 radical (unpaired) electrons. The van der Waals surface area contributed by atoms with E-state index in [4.69, 9.17) is 9.84 Å². The first kappa shape index (κ1) is 13.5. The molecule has 1 rings (SSSR count). The Kier molecular flexibility index (Phi) is 8.10. The minimum atomic E-state index is 0.338. The molecule has 0 bridgehead atoms. The molecule has 1 N–H and O–H groups in total. The maximum absolute atomic E-state index is 8.81. The van der Waals surface area contributed by atoms with Crippen LogP contribution in [0.1, 0.15) is 5.56 Å². The standard InChI is InChI=1S/C7H8O.C6H10O/c1-6-3-2-4-7(8)5-6;1-3-5-7-6-4-2/h2-5,8H,1H3;3-4H,1-2,5-6H2. The first-order valence-corrected chi connectivity index (χ1v) is 4.76. The summed E-state index contributed by atoms with van der Waals surface area (Å²) < 4.78 is 4.90. The lowest BCUT2D eigenvalue weighted by Crippen LogP contribution is -1.87. The molecule has 15 heavy (non-hydrogen) atoms. The van der Waals surface area contributed by atoms with E-state index in [0.717, 1.165) is 5.56 Å². The molecule has 0 aliphatic carbocycles. The summed E-state index contributed by atoms with van der Waals surface area (Å²) in [6, 6.07) is 7.15. The quantitative estimate of drug-likeness (QED) is 0.606. The van der Waals surface area contributed by atoms with Crippen molar-refractivity contribution >= 4 is 0 Å². The van der Waals surface area contributed by atoms with Gasteiger partial charge in [0.25, 0.3) is 0 Å². The van der Waals surface area contributed by atoms with Crippen molar-refractivity contribution in [2.24, 2.45) is 0 Å². The highest BCUT2D eigenvalue weighted by molar-refractivity contribution is 5.25. The maximum atomic E-state index is 8.81. The van der Waals surface area contributed by atoms with Gasteiger partial charge < -0.3 is 9.84 Å². The van der Waals surface area contributed by atoms with Crippen LogP contribution in [0.25, 0.3) is 0 Å². The lowest BCUT2D eigenvalue weighted by Gasteiger charge is -1.89. The Morgan fingerprint density at radius 2 is 1.87 bits per heavy atom. The molecule has 0 unspecified atom stereocenters. The van der Waals surface area contributed by atoms with E-state index < -0.39 is 0 Å². The van der Waals surface area contributed by atoms with Crippen LogP contribution in [-0.4, -0.2) is 18.3 Å². The third-order valence-electron chi connectivity index (χ3n) is 1.47. The fraction of sp³-hybridized carbons (Fsp3) is 0.231. The molecule has 0 saturated heterocycles. The highest BCUT2D eigenvalue weighted by Crippen LogP contribution is 2.08. The molecule has 0 amide bonds. The second-order valence-corrected chi connectivity index (χ2v) is 2.95. The average Bonchev–Trinajstić information content (AvgIpc) is 2.19. The maximum Gasteiger partial charge on any atom is 0.115 e. The Balaban J connectivity index is 0.000000265. The SMILES string of the molecule is C=CCOCC=C.Cc1cccc(O)c1. The smallest absolute Gasteiger partial charge is 0.115 e. The van der Waals surface area contributed by atoms with E-state index in [1.165, 1.54) is 0 Å². The van der Waals surface area contributed by atoms with Gasteiger partial charge in [-0.05, 0) is 24.6 Å². The number of aromatic hydroxyl groups is 1. The zero-order chi connectivity index (χ0) is 11.5. The molecule has 0 aliphatic rings. The highest BCUT2D eigenvalue weighted by Gasteiger charge is 1.83. The van der Waals surface area contributed by atoms with Gasteiger partial charge in [-0.25, -0.2) is 0 Å². The van der Waals surface area contributed by atoms with Gasteiger partial charge in [0, 0.05) is 0 Å². The Morgan fingerprint density at radius 1 is 1.27 bits per heavy atom. The topological polar surface area (TPSA) is 29.5 Å². The van der Waals surface area contributed by atoms with Gasteiger partial charge in [0.05, 0.1) is 13.2 Å². The number of phenolic OH excluding ortho intramolecular Hbond substituents is 1. The lowest BCUT2D eigenvalue weighted by molar-refractivity contribution is 0.194. The monoisotopic (exact) mass is 206 g/mol. The lowest BCUT2D eigenvalue weighted by atomic mass is 10.2. The Bertz CT molecular complexity index is 267. The van der Waals surface area contributed by atoms with E-state index in [9.17, 15) is 0 Å².